The number of anilines is 1. The number of hydrogen-bond donors (Lipinski definition) is 1. The lowest BCUT2D eigenvalue weighted by Crippen LogP contribution is -2.03. The van der Waals surface area contributed by atoms with Crippen molar-refractivity contribution in [3.05, 3.63) is 40.4 Å². The zero-order chi connectivity index (χ0) is 12.4. The molecule has 2 aromatic heterocycles. The van der Waals surface area contributed by atoms with Gasteiger partial charge in [0, 0.05) is 31.0 Å². The second-order valence-electron chi connectivity index (χ2n) is 3.97. The molecule has 0 radical (unpaired) electrons. The van der Waals surface area contributed by atoms with E-state index in [2.05, 4.69) is 22.3 Å². The van der Waals surface area contributed by atoms with Crippen LogP contribution in [0.25, 0.3) is 0 Å². The monoisotopic (exact) mass is 250 g/mol. The molecule has 0 aliphatic rings. The number of nitrogens with zero attached hydrogens (tertiary/aromatic N) is 3. The molecule has 90 valence electrons. The van der Waals surface area contributed by atoms with E-state index in [1.807, 2.05) is 30.8 Å². The van der Waals surface area contributed by atoms with Crippen LogP contribution in [0.15, 0.2) is 18.3 Å². The van der Waals surface area contributed by atoms with E-state index in [1.54, 1.807) is 6.20 Å². The summed E-state index contributed by atoms with van der Waals surface area (Å²) in [5.41, 5.74) is 4.25. The number of nitrogens with one attached hydrogen (secondary N) is 1. The molecule has 2 heterocycles. The lowest BCUT2D eigenvalue weighted by atomic mass is 10.2. The Morgan fingerprint density at radius 2 is 2.18 bits per heavy atom. The summed E-state index contributed by atoms with van der Waals surface area (Å²) in [6.07, 6.45) is 1.67. The molecule has 0 saturated carbocycles. The summed E-state index contributed by atoms with van der Waals surface area (Å²) in [5, 5.41) is 8.14. The van der Waals surface area contributed by atoms with Crippen molar-refractivity contribution in [1.82, 2.24) is 14.8 Å². The molecule has 0 aliphatic heterocycles. The third kappa shape index (κ3) is 2.42. The summed E-state index contributed by atoms with van der Waals surface area (Å²) >= 11 is 5.98. The van der Waals surface area contributed by atoms with Gasteiger partial charge in [0.25, 0.3) is 0 Å². The van der Waals surface area contributed by atoms with Crippen LogP contribution in [-0.4, -0.2) is 14.8 Å². The highest BCUT2D eigenvalue weighted by Crippen LogP contribution is 2.20. The molecule has 0 bridgehead atoms. The molecule has 0 atom stereocenters. The van der Waals surface area contributed by atoms with E-state index in [9.17, 15) is 0 Å². The van der Waals surface area contributed by atoms with Gasteiger partial charge in [0.05, 0.1) is 11.4 Å². The zero-order valence-electron chi connectivity index (χ0n) is 10.2. The van der Waals surface area contributed by atoms with E-state index in [1.165, 1.54) is 5.56 Å². The van der Waals surface area contributed by atoms with Crippen molar-refractivity contribution in [2.45, 2.75) is 20.4 Å². The quantitative estimate of drug-likeness (QED) is 0.852. The molecule has 0 fully saturated rings. The minimum Gasteiger partial charge on any atom is -0.378 e. The first-order chi connectivity index (χ1) is 8.09. The minimum absolute atomic E-state index is 0.492. The fourth-order valence-electron chi connectivity index (χ4n) is 1.77. The molecule has 1 N–H and O–H groups in total. The van der Waals surface area contributed by atoms with Crippen molar-refractivity contribution in [1.29, 1.82) is 0 Å². The van der Waals surface area contributed by atoms with Gasteiger partial charge >= 0.3 is 0 Å². The molecule has 0 unspecified atom stereocenters. The Bertz CT molecular complexity index is 533. The maximum atomic E-state index is 5.98. The molecule has 0 aliphatic carbocycles. The number of pyridine rings is 1. The van der Waals surface area contributed by atoms with Gasteiger partial charge in [0.15, 0.2) is 5.15 Å². The molecule has 0 saturated heterocycles. The summed E-state index contributed by atoms with van der Waals surface area (Å²) in [4.78, 5) is 4.02. The predicted octanol–water partition coefficient (Wildman–Crippen LogP) is 2.70. The molecular weight excluding hydrogens is 236 g/mol. The van der Waals surface area contributed by atoms with E-state index in [0.29, 0.717) is 11.7 Å². The average molecular weight is 251 g/mol. The normalized spacial score (nSPS) is 10.6. The molecule has 17 heavy (non-hydrogen) atoms. The SMILES string of the molecule is Cc1nn(C)c(C)c1CNc1cccnc1Cl. The average Bonchev–Trinajstić information content (AvgIpc) is 2.53. The number of rotatable bonds is 3. The Morgan fingerprint density at radius 3 is 2.76 bits per heavy atom. The lowest BCUT2D eigenvalue weighted by Gasteiger charge is -2.07. The first kappa shape index (κ1) is 11.9. The molecule has 0 amide bonds. The second-order valence-corrected chi connectivity index (χ2v) is 4.33. The van der Waals surface area contributed by atoms with Crippen LogP contribution in [0, 0.1) is 13.8 Å². The topological polar surface area (TPSA) is 42.7 Å². The standard InChI is InChI=1S/C12H15ClN4/c1-8-10(9(2)17(3)16-8)7-15-11-5-4-6-14-12(11)13/h4-6,15H,7H2,1-3H3. The molecule has 2 aromatic rings. The fourth-order valence-corrected chi connectivity index (χ4v) is 1.96. The maximum absolute atomic E-state index is 5.98. The first-order valence-corrected chi connectivity index (χ1v) is 5.81. The Morgan fingerprint density at radius 1 is 1.41 bits per heavy atom. The summed E-state index contributed by atoms with van der Waals surface area (Å²) in [5.74, 6) is 0. The van der Waals surface area contributed by atoms with Crippen molar-refractivity contribution in [2.24, 2.45) is 7.05 Å². The van der Waals surface area contributed by atoms with Crippen molar-refractivity contribution in [3.63, 3.8) is 0 Å². The fraction of sp³-hybridized carbons (Fsp3) is 0.333. The number of aryl methyl sites for hydroxylation is 2. The second kappa shape index (κ2) is 4.75. The van der Waals surface area contributed by atoms with Crippen LogP contribution in [-0.2, 0) is 13.6 Å². The van der Waals surface area contributed by atoms with Gasteiger partial charge in [-0.1, -0.05) is 11.6 Å². The Kier molecular flexibility index (Phi) is 3.33. The molecule has 5 heteroatoms. The van der Waals surface area contributed by atoms with Gasteiger partial charge in [0.1, 0.15) is 0 Å². The minimum atomic E-state index is 0.492. The van der Waals surface area contributed by atoms with Gasteiger partial charge in [-0.05, 0) is 26.0 Å². The van der Waals surface area contributed by atoms with E-state index in [0.717, 1.165) is 17.1 Å². The molecule has 0 aromatic carbocycles. The highest BCUT2D eigenvalue weighted by molar-refractivity contribution is 6.31. The van der Waals surface area contributed by atoms with Gasteiger partial charge in [-0.25, -0.2) is 4.98 Å². The number of aromatic nitrogens is 3. The van der Waals surface area contributed by atoms with Gasteiger partial charge in [-0.3, -0.25) is 4.68 Å². The predicted molar refractivity (Wildman–Crippen MR) is 69.3 cm³/mol. The Hall–Kier alpha value is -1.55. The molecular formula is C12H15ClN4. The van der Waals surface area contributed by atoms with Gasteiger partial charge in [-0.2, -0.15) is 5.10 Å². The van der Waals surface area contributed by atoms with Crippen molar-refractivity contribution in [3.8, 4) is 0 Å². The Balaban J connectivity index is 2.15. The highest BCUT2D eigenvalue weighted by Gasteiger charge is 2.09. The largest absolute Gasteiger partial charge is 0.378 e. The van der Waals surface area contributed by atoms with Crippen LogP contribution in [0.5, 0.6) is 0 Å². The van der Waals surface area contributed by atoms with Crippen LogP contribution >= 0.6 is 11.6 Å². The summed E-state index contributed by atoms with van der Waals surface area (Å²) in [6, 6.07) is 3.77. The maximum Gasteiger partial charge on any atom is 0.152 e. The van der Waals surface area contributed by atoms with E-state index < -0.39 is 0 Å². The van der Waals surface area contributed by atoms with Gasteiger partial charge in [0.2, 0.25) is 0 Å². The van der Waals surface area contributed by atoms with Crippen molar-refractivity contribution >= 4 is 17.3 Å². The molecule has 4 nitrogen and oxygen atoms in total. The van der Waals surface area contributed by atoms with Crippen LogP contribution in [0.1, 0.15) is 17.0 Å². The third-order valence-electron chi connectivity index (χ3n) is 2.87. The number of hydrogen-bond acceptors (Lipinski definition) is 3. The molecule has 2 rings (SSSR count). The van der Waals surface area contributed by atoms with Crippen molar-refractivity contribution in [2.75, 3.05) is 5.32 Å². The van der Waals surface area contributed by atoms with Crippen molar-refractivity contribution < 1.29 is 0 Å². The summed E-state index contributed by atoms with van der Waals surface area (Å²) in [6.45, 7) is 4.77. The zero-order valence-corrected chi connectivity index (χ0v) is 10.9. The lowest BCUT2D eigenvalue weighted by molar-refractivity contribution is 0.730. The smallest absolute Gasteiger partial charge is 0.152 e. The van der Waals surface area contributed by atoms with Crippen LogP contribution in [0.2, 0.25) is 5.15 Å². The van der Waals surface area contributed by atoms with Crippen LogP contribution < -0.4 is 5.32 Å². The highest BCUT2D eigenvalue weighted by atomic mass is 35.5. The third-order valence-corrected chi connectivity index (χ3v) is 3.17. The first-order valence-electron chi connectivity index (χ1n) is 5.43. The Labute approximate surface area is 106 Å². The van der Waals surface area contributed by atoms with Gasteiger partial charge in [-0.15, -0.1) is 0 Å². The van der Waals surface area contributed by atoms with E-state index >= 15 is 0 Å². The van der Waals surface area contributed by atoms with Crippen LogP contribution in [0.3, 0.4) is 0 Å². The van der Waals surface area contributed by atoms with Crippen LogP contribution in [0.4, 0.5) is 5.69 Å². The molecule has 0 spiro atoms. The number of halogens is 1. The summed E-state index contributed by atoms with van der Waals surface area (Å²) < 4.78 is 1.89. The van der Waals surface area contributed by atoms with E-state index in [-0.39, 0.29) is 0 Å². The summed E-state index contributed by atoms with van der Waals surface area (Å²) in [7, 11) is 1.95. The van der Waals surface area contributed by atoms with Gasteiger partial charge < -0.3 is 5.32 Å². The van der Waals surface area contributed by atoms with E-state index in [4.69, 9.17) is 11.6 Å².